The van der Waals surface area contributed by atoms with Crippen molar-refractivity contribution in [3.05, 3.63) is 11.6 Å². The summed E-state index contributed by atoms with van der Waals surface area (Å²) in [5, 5.41) is 0. The first kappa shape index (κ1) is 9.50. The summed E-state index contributed by atoms with van der Waals surface area (Å²) in [7, 11) is 0. The maximum absolute atomic E-state index is 11.5. The van der Waals surface area contributed by atoms with E-state index < -0.39 is 0 Å². The first-order chi connectivity index (χ1) is 5.65. The van der Waals surface area contributed by atoms with Gasteiger partial charge in [-0.2, -0.15) is 0 Å². The molecular weight excluding hydrogens is 148 g/mol. The number of Topliss-reactive ketones (excluding diaryl/α,β-unsaturated/α-hetero) is 1. The lowest BCUT2D eigenvalue weighted by atomic mass is 9.79. The van der Waals surface area contributed by atoms with Gasteiger partial charge in [-0.1, -0.05) is 25.5 Å². The van der Waals surface area contributed by atoms with Crippen molar-refractivity contribution >= 4 is 5.78 Å². The second kappa shape index (κ2) is 3.88. The Morgan fingerprint density at radius 3 is 2.83 bits per heavy atom. The topological polar surface area (TPSA) is 17.1 Å². The number of rotatable bonds is 2. The summed E-state index contributed by atoms with van der Waals surface area (Å²) < 4.78 is 0. The van der Waals surface area contributed by atoms with Crippen molar-refractivity contribution in [1.29, 1.82) is 0 Å². The smallest absolute Gasteiger partial charge is 0.136 e. The number of carbonyl (C=O) groups excluding carboxylic acids is 1. The molecule has 0 heterocycles. The Kier molecular flexibility index (Phi) is 3.07. The molecule has 1 aliphatic carbocycles. The third kappa shape index (κ3) is 1.96. The molecule has 1 aliphatic rings. The van der Waals surface area contributed by atoms with Gasteiger partial charge >= 0.3 is 0 Å². The van der Waals surface area contributed by atoms with E-state index in [4.69, 9.17) is 0 Å². The first-order valence-corrected chi connectivity index (χ1v) is 4.85. The fourth-order valence-electron chi connectivity index (χ4n) is 2.01. The average molecular weight is 166 g/mol. The monoisotopic (exact) mass is 166 g/mol. The number of carbonyl (C=O) groups is 1. The van der Waals surface area contributed by atoms with Crippen molar-refractivity contribution in [3.8, 4) is 0 Å². The zero-order chi connectivity index (χ0) is 9.14. The molecular formula is C11H18O. The van der Waals surface area contributed by atoms with E-state index in [2.05, 4.69) is 19.9 Å². The maximum atomic E-state index is 11.5. The molecule has 1 nitrogen and oxygen atoms in total. The van der Waals surface area contributed by atoms with Crippen LogP contribution in [0.2, 0.25) is 0 Å². The van der Waals surface area contributed by atoms with E-state index in [0.29, 0.717) is 24.0 Å². The normalized spacial score (nSPS) is 29.8. The van der Waals surface area contributed by atoms with Gasteiger partial charge in [-0.05, 0) is 25.7 Å². The molecule has 0 saturated heterocycles. The fourth-order valence-corrected chi connectivity index (χ4v) is 2.01. The van der Waals surface area contributed by atoms with E-state index in [9.17, 15) is 4.79 Å². The third-order valence-corrected chi connectivity index (χ3v) is 2.79. The Morgan fingerprint density at radius 1 is 1.67 bits per heavy atom. The van der Waals surface area contributed by atoms with Gasteiger partial charge < -0.3 is 0 Å². The molecule has 1 unspecified atom stereocenters. The van der Waals surface area contributed by atoms with Crippen LogP contribution in [0.25, 0.3) is 0 Å². The molecule has 0 bridgehead atoms. The molecule has 2 atom stereocenters. The van der Waals surface area contributed by atoms with E-state index in [0.717, 1.165) is 12.8 Å². The highest BCUT2D eigenvalue weighted by molar-refractivity contribution is 5.81. The Bertz CT molecular complexity index is 203. The molecule has 1 heteroatoms. The molecule has 0 spiro atoms. The number of ketones is 1. The molecule has 12 heavy (non-hydrogen) atoms. The Labute approximate surface area is 74.9 Å². The van der Waals surface area contributed by atoms with Gasteiger partial charge in [0.15, 0.2) is 0 Å². The highest BCUT2D eigenvalue weighted by Gasteiger charge is 2.24. The van der Waals surface area contributed by atoms with Crippen molar-refractivity contribution in [2.24, 2.45) is 11.8 Å². The SMILES string of the molecule is CCC(=O)C1CCC(C)=C[C@@H]1C. The van der Waals surface area contributed by atoms with Crippen molar-refractivity contribution in [3.63, 3.8) is 0 Å². The minimum Gasteiger partial charge on any atom is -0.299 e. The fraction of sp³-hybridized carbons (Fsp3) is 0.727. The third-order valence-electron chi connectivity index (χ3n) is 2.79. The minimum absolute atomic E-state index is 0.304. The van der Waals surface area contributed by atoms with Crippen LogP contribution in [0.1, 0.15) is 40.0 Å². The lowest BCUT2D eigenvalue weighted by Crippen LogP contribution is -2.23. The van der Waals surface area contributed by atoms with E-state index in [-0.39, 0.29) is 0 Å². The van der Waals surface area contributed by atoms with E-state index in [1.165, 1.54) is 5.57 Å². The van der Waals surface area contributed by atoms with E-state index in [1.54, 1.807) is 0 Å². The molecule has 0 aromatic rings. The molecule has 0 aliphatic heterocycles. The summed E-state index contributed by atoms with van der Waals surface area (Å²) in [6.45, 7) is 6.27. The maximum Gasteiger partial charge on any atom is 0.136 e. The molecule has 1 rings (SSSR count). The summed E-state index contributed by atoms with van der Waals surface area (Å²) in [6.07, 6.45) is 5.13. The molecule has 0 fully saturated rings. The van der Waals surface area contributed by atoms with Crippen molar-refractivity contribution in [2.75, 3.05) is 0 Å². The van der Waals surface area contributed by atoms with Gasteiger partial charge in [-0.15, -0.1) is 0 Å². The van der Waals surface area contributed by atoms with Gasteiger partial charge in [-0.25, -0.2) is 0 Å². The summed E-state index contributed by atoms with van der Waals surface area (Å²) in [5.41, 5.74) is 1.45. The molecule has 68 valence electrons. The highest BCUT2D eigenvalue weighted by atomic mass is 16.1. The second-order valence-corrected chi connectivity index (χ2v) is 3.84. The Hall–Kier alpha value is -0.590. The van der Waals surface area contributed by atoms with Crippen molar-refractivity contribution in [2.45, 2.75) is 40.0 Å². The Balaban J connectivity index is 2.64. The summed E-state index contributed by atoms with van der Waals surface area (Å²) in [5.74, 6) is 1.20. The summed E-state index contributed by atoms with van der Waals surface area (Å²) in [6, 6.07) is 0. The van der Waals surface area contributed by atoms with Crippen LogP contribution < -0.4 is 0 Å². The van der Waals surface area contributed by atoms with Crippen LogP contribution in [-0.4, -0.2) is 5.78 Å². The molecule has 0 amide bonds. The lowest BCUT2D eigenvalue weighted by molar-refractivity contribution is -0.123. The summed E-state index contributed by atoms with van der Waals surface area (Å²) in [4.78, 5) is 11.5. The molecule has 0 aromatic carbocycles. The molecule has 0 N–H and O–H groups in total. The lowest BCUT2D eigenvalue weighted by Gasteiger charge is -2.25. The predicted molar refractivity (Wildman–Crippen MR) is 50.9 cm³/mol. The quantitative estimate of drug-likeness (QED) is 0.576. The van der Waals surface area contributed by atoms with Crippen molar-refractivity contribution < 1.29 is 4.79 Å². The first-order valence-electron chi connectivity index (χ1n) is 4.85. The van der Waals surface area contributed by atoms with Gasteiger partial charge in [-0.3, -0.25) is 4.79 Å². The van der Waals surface area contributed by atoms with Gasteiger partial charge in [0, 0.05) is 12.3 Å². The van der Waals surface area contributed by atoms with Crippen LogP contribution in [0.15, 0.2) is 11.6 Å². The predicted octanol–water partition coefficient (Wildman–Crippen LogP) is 2.96. The van der Waals surface area contributed by atoms with Crippen LogP contribution >= 0.6 is 0 Å². The highest BCUT2D eigenvalue weighted by Crippen LogP contribution is 2.29. The van der Waals surface area contributed by atoms with Crippen LogP contribution in [-0.2, 0) is 4.79 Å². The van der Waals surface area contributed by atoms with Gasteiger partial charge in [0.25, 0.3) is 0 Å². The van der Waals surface area contributed by atoms with Crippen LogP contribution in [0.5, 0.6) is 0 Å². The molecule has 0 saturated carbocycles. The van der Waals surface area contributed by atoms with Crippen molar-refractivity contribution in [1.82, 2.24) is 0 Å². The Morgan fingerprint density at radius 2 is 2.33 bits per heavy atom. The number of allylic oxidation sites excluding steroid dienone is 2. The van der Waals surface area contributed by atoms with Crippen LogP contribution in [0.4, 0.5) is 0 Å². The average Bonchev–Trinajstić information content (AvgIpc) is 2.03. The minimum atomic E-state index is 0.304. The largest absolute Gasteiger partial charge is 0.299 e. The zero-order valence-corrected chi connectivity index (χ0v) is 8.26. The summed E-state index contributed by atoms with van der Waals surface area (Å²) >= 11 is 0. The van der Waals surface area contributed by atoms with E-state index in [1.807, 2.05) is 6.92 Å². The van der Waals surface area contributed by atoms with Crippen LogP contribution in [0.3, 0.4) is 0 Å². The second-order valence-electron chi connectivity index (χ2n) is 3.84. The van der Waals surface area contributed by atoms with E-state index >= 15 is 0 Å². The molecule has 0 aromatic heterocycles. The standard InChI is InChI=1S/C11H18O/c1-4-11(12)10-6-5-8(2)7-9(10)3/h7,9-10H,4-6H2,1-3H3/t9-,10?/m0/s1. The van der Waals surface area contributed by atoms with Gasteiger partial charge in [0.1, 0.15) is 5.78 Å². The van der Waals surface area contributed by atoms with Crippen LogP contribution in [0, 0.1) is 11.8 Å². The van der Waals surface area contributed by atoms with Gasteiger partial charge in [0.2, 0.25) is 0 Å². The van der Waals surface area contributed by atoms with Gasteiger partial charge in [0.05, 0.1) is 0 Å². The number of hydrogen-bond donors (Lipinski definition) is 0. The number of hydrogen-bond acceptors (Lipinski definition) is 1. The zero-order valence-electron chi connectivity index (χ0n) is 8.26. The molecule has 0 radical (unpaired) electrons.